The van der Waals surface area contributed by atoms with E-state index in [0.29, 0.717) is 16.7 Å². The van der Waals surface area contributed by atoms with Crippen LogP contribution >= 0.6 is 23.2 Å². The molecule has 0 radical (unpaired) electrons. The average molecular weight is 453 g/mol. The van der Waals surface area contributed by atoms with E-state index >= 15 is 0 Å². The molecule has 8 heteroatoms. The smallest absolute Gasteiger partial charge is 0.223 e. The minimum Gasteiger partial charge on any atom is -0.379 e. The van der Waals surface area contributed by atoms with E-state index in [-0.39, 0.29) is 17.9 Å². The summed E-state index contributed by atoms with van der Waals surface area (Å²) in [5.41, 5.74) is 1.90. The molecule has 3 heterocycles. The van der Waals surface area contributed by atoms with Crippen LogP contribution in [0.5, 0.6) is 0 Å². The molecule has 1 atom stereocenters. The van der Waals surface area contributed by atoms with Crippen molar-refractivity contribution in [3.63, 3.8) is 0 Å². The van der Waals surface area contributed by atoms with Crippen molar-refractivity contribution in [1.82, 2.24) is 14.9 Å². The van der Waals surface area contributed by atoms with Gasteiger partial charge >= 0.3 is 0 Å². The maximum atomic E-state index is 12.6. The molecule has 0 saturated carbocycles. The highest BCUT2D eigenvalue weighted by Gasteiger charge is 2.29. The summed E-state index contributed by atoms with van der Waals surface area (Å²) in [5, 5.41) is 4.23. The van der Waals surface area contributed by atoms with Gasteiger partial charge in [-0.15, -0.1) is 0 Å². The largest absolute Gasteiger partial charge is 0.379 e. The molecule has 1 aromatic heterocycles. The molecule has 164 valence electrons. The fourth-order valence-corrected chi connectivity index (χ4v) is 4.71. The van der Waals surface area contributed by atoms with E-state index in [4.69, 9.17) is 32.9 Å². The fraction of sp³-hybridized carbons (Fsp3) is 0.636. The van der Waals surface area contributed by atoms with Crippen LogP contribution in [-0.2, 0) is 16.1 Å². The third kappa shape index (κ3) is 4.71. The van der Waals surface area contributed by atoms with E-state index < -0.39 is 0 Å². The summed E-state index contributed by atoms with van der Waals surface area (Å²) in [4.78, 5) is 19.8. The summed E-state index contributed by atoms with van der Waals surface area (Å²) in [7, 11) is 0. The number of aromatic nitrogens is 2. The van der Waals surface area contributed by atoms with Gasteiger partial charge in [0.05, 0.1) is 33.7 Å². The second-order valence-electron chi connectivity index (χ2n) is 8.36. The number of amides is 1. The molecule has 1 unspecified atom stereocenters. The van der Waals surface area contributed by atoms with Crippen LogP contribution in [0.1, 0.15) is 45.4 Å². The van der Waals surface area contributed by atoms with Gasteiger partial charge in [-0.3, -0.25) is 4.79 Å². The Labute approximate surface area is 187 Å². The van der Waals surface area contributed by atoms with Crippen molar-refractivity contribution in [3.8, 4) is 0 Å². The molecule has 6 nitrogen and oxygen atoms in total. The third-order valence-electron chi connectivity index (χ3n) is 6.18. The molecule has 0 aliphatic carbocycles. The van der Waals surface area contributed by atoms with Crippen molar-refractivity contribution >= 4 is 46.1 Å². The Hall–Kier alpha value is -1.50. The highest BCUT2D eigenvalue weighted by Crippen LogP contribution is 2.32. The van der Waals surface area contributed by atoms with Gasteiger partial charge in [-0.25, -0.2) is 4.98 Å². The standard InChI is InChI=1S/C22H30Cl2N4O2/c1-2-3-4-8-28-20-13-18(24)17(23)12-19(20)26-22(28)27-9-5-15(6-10-27)21(29)25-16-7-11-30-14-16/h12-13,15-16H,2-11,14H2,1H3,(H,25,29). The van der Waals surface area contributed by atoms with Gasteiger partial charge in [-0.1, -0.05) is 43.0 Å². The minimum atomic E-state index is 0.0589. The molecule has 4 rings (SSSR count). The van der Waals surface area contributed by atoms with Crippen LogP contribution in [0.3, 0.4) is 0 Å². The number of piperidine rings is 1. The molecule has 30 heavy (non-hydrogen) atoms. The molecule has 1 amide bonds. The van der Waals surface area contributed by atoms with Crippen LogP contribution < -0.4 is 10.2 Å². The lowest BCUT2D eigenvalue weighted by Gasteiger charge is -2.32. The molecule has 2 aromatic rings. The van der Waals surface area contributed by atoms with Gasteiger partial charge in [0, 0.05) is 32.2 Å². The van der Waals surface area contributed by atoms with Crippen LogP contribution in [-0.4, -0.2) is 47.8 Å². The number of fused-ring (bicyclic) bond motifs is 1. The number of halogens is 2. The number of rotatable bonds is 7. The quantitative estimate of drug-likeness (QED) is 0.620. The number of hydrogen-bond acceptors (Lipinski definition) is 4. The Bertz CT molecular complexity index is 887. The Balaban J connectivity index is 1.48. The molecule has 0 spiro atoms. The molecule has 1 N–H and O–H groups in total. The third-order valence-corrected chi connectivity index (χ3v) is 6.90. The van der Waals surface area contributed by atoms with E-state index in [9.17, 15) is 4.79 Å². The zero-order valence-electron chi connectivity index (χ0n) is 17.5. The first kappa shape index (κ1) is 21.7. The van der Waals surface area contributed by atoms with Gasteiger partial charge in [0.1, 0.15) is 0 Å². The summed E-state index contributed by atoms with van der Waals surface area (Å²) in [6, 6.07) is 3.95. The van der Waals surface area contributed by atoms with Crippen molar-refractivity contribution in [2.75, 3.05) is 31.2 Å². The number of aryl methyl sites for hydroxylation is 1. The van der Waals surface area contributed by atoms with Crippen molar-refractivity contribution in [2.45, 2.75) is 58.0 Å². The van der Waals surface area contributed by atoms with Gasteiger partial charge < -0.3 is 19.5 Å². The normalized spacial score (nSPS) is 20.2. The summed E-state index contributed by atoms with van der Waals surface area (Å²) in [6.45, 7) is 6.12. The van der Waals surface area contributed by atoms with Gasteiger partial charge in [-0.05, 0) is 37.8 Å². The molecule has 2 aliphatic rings. The average Bonchev–Trinajstić information content (AvgIpc) is 3.37. The SMILES string of the molecule is CCCCCn1c(N2CCC(C(=O)NC3CCOC3)CC2)nc2cc(Cl)c(Cl)cc21. The zero-order valence-corrected chi connectivity index (χ0v) is 19.0. The first-order valence-corrected chi connectivity index (χ1v) is 11.8. The number of nitrogens with one attached hydrogen (secondary N) is 1. The number of nitrogens with zero attached hydrogens (tertiary/aromatic N) is 3. The predicted octanol–water partition coefficient (Wildman–Crippen LogP) is 4.65. The van der Waals surface area contributed by atoms with Crippen molar-refractivity contribution in [1.29, 1.82) is 0 Å². The Morgan fingerprint density at radius 2 is 1.97 bits per heavy atom. The first-order chi connectivity index (χ1) is 14.6. The summed E-state index contributed by atoms with van der Waals surface area (Å²) < 4.78 is 7.63. The van der Waals surface area contributed by atoms with Crippen LogP contribution in [0, 0.1) is 5.92 Å². The number of carbonyl (C=O) groups excluding carboxylic acids is 1. The maximum Gasteiger partial charge on any atom is 0.223 e. The molecule has 2 fully saturated rings. The maximum absolute atomic E-state index is 12.6. The lowest BCUT2D eigenvalue weighted by atomic mass is 9.95. The van der Waals surface area contributed by atoms with E-state index in [1.165, 1.54) is 12.8 Å². The van der Waals surface area contributed by atoms with Crippen LogP contribution in [0.25, 0.3) is 11.0 Å². The number of benzene rings is 1. The highest BCUT2D eigenvalue weighted by molar-refractivity contribution is 6.42. The predicted molar refractivity (Wildman–Crippen MR) is 122 cm³/mol. The van der Waals surface area contributed by atoms with Gasteiger partial charge in [0.25, 0.3) is 0 Å². The van der Waals surface area contributed by atoms with Crippen LogP contribution in [0.2, 0.25) is 10.0 Å². The number of anilines is 1. The van der Waals surface area contributed by atoms with Crippen LogP contribution in [0.4, 0.5) is 5.95 Å². The molecule has 0 bridgehead atoms. The van der Waals surface area contributed by atoms with Gasteiger partial charge in [-0.2, -0.15) is 0 Å². The summed E-state index contributed by atoms with van der Waals surface area (Å²) >= 11 is 12.5. The van der Waals surface area contributed by atoms with Gasteiger partial charge in [0.2, 0.25) is 11.9 Å². The summed E-state index contributed by atoms with van der Waals surface area (Å²) in [5.74, 6) is 1.19. The number of ether oxygens (including phenoxy) is 1. The topological polar surface area (TPSA) is 59.4 Å². The Morgan fingerprint density at radius 1 is 1.20 bits per heavy atom. The molecule has 1 aromatic carbocycles. The second-order valence-corrected chi connectivity index (χ2v) is 9.17. The molecule has 2 saturated heterocycles. The second kappa shape index (κ2) is 9.75. The van der Waals surface area contributed by atoms with Gasteiger partial charge in [0.15, 0.2) is 0 Å². The zero-order chi connectivity index (χ0) is 21.1. The lowest BCUT2D eigenvalue weighted by Crippen LogP contribution is -2.44. The minimum absolute atomic E-state index is 0.0589. The van der Waals surface area contributed by atoms with Crippen molar-refractivity contribution in [2.24, 2.45) is 5.92 Å². The number of hydrogen-bond donors (Lipinski definition) is 1. The number of imidazole rings is 1. The highest BCUT2D eigenvalue weighted by atomic mass is 35.5. The Kier molecular flexibility index (Phi) is 7.06. The first-order valence-electron chi connectivity index (χ1n) is 11.0. The van der Waals surface area contributed by atoms with Crippen molar-refractivity contribution < 1.29 is 9.53 Å². The van der Waals surface area contributed by atoms with Crippen LogP contribution in [0.15, 0.2) is 12.1 Å². The van der Waals surface area contributed by atoms with Crippen molar-refractivity contribution in [3.05, 3.63) is 22.2 Å². The van der Waals surface area contributed by atoms with E-state index in [1.807, 2.05) is 12.1 Å². The molecular weight excluding hydrogens is 423 g/mol. The number of carbonyl (C=O) groups is 1. The molecular formula is C22H30Cl2N4O2. The van der Waals surface area contributed by atoms with E-state index in [2.05, 4.69) is 21.7 Å². The monoisotopic (exact) mass is 452 g/mol. The number of unbranched alkanes of at least 4 members (excludes halogenated alkanes) is 2. The summed E-state index contributed by atoms with van der Waals surface area (Å²) in [6.07, 6.45) is 6.02. The van der Waals surface area contributed by atoms with E-state index in [1.54, 1.807) is 0 Å². The molecule has 2 aliphatic heterocycles. The Morgan fingerprint density at radius 3 is 2.67 bits per heavy atom. The fourth-order valence-electron chi connectivity index (χ4n) is 4.40. The lowest BCUT2D eigenvalue weighted by molar-refractivity contribution is -0.126. The van der Waals surface area contributed by atoms with E-state index in [0.717, 1.165) is 68.9 Å².